The summed E-state index contributed by atoms with van der Waals surface area (Å²) >= 11 is 9.54. The van der Waals surface area contributed by atoms with E-state index in [1.165, 1.54) is 6.07 Å². The third-order valence-corrected chi connectivity index (χ3v) is 6.16. The van der Waals surface area contributed by atoms with Gasteiger partial charge in [0.15, 0.2) is 5.60 Å². The van der Waals surface area contributed by atoms with Crippen LogP contribution in [-0.4, -0.2) is 12.6 Å². The van der Waals surface area contributed by atoms with Gasteiger partial charge in [0.2, 0.25) is 0 Å². The number of nitrogens with one attached hydrogen (secondary N) is 1. The Morgan fingerprint density at radius 3 is 2.57 bits per heavy atom. The summed E-state index contributed by atoms with van der Waals surface area (Å²) in [5.41, 5.74) is 1.19. The van der Waals surface area contributed by atoms with Gasteiger partial charge in [0, 0.05) is 29.1 Å². The first-order valence-electron chi connectivity index (χ1n) is 9.39. The number of hydrogen-bond acceptors (Lipinski definition) is 2. The standard InChI is InChI=1S/C21H20BrClFNO.C2H6/c1-3-8-18(25-11-4-2)21(14-9-6-5-7-10-14)13-15-17(26-21)12-16(24)20(23)19(15)22;1-2/h3-7,9-10,12,18,25H,1-2,8,11,13H2;1-2H3. The molecule has 1 N–H and O–H groups in total. The third kappa shape index (κ3) is 4.35. The molecule has 0 aromatic heterocycles. The van der Waals surface area contributed by atoms with E-state index in [1.54, 1.807) is 0 Å². The zero-order chi connectivity index (χ0) is 20.7. The lowest BCUT2D eigenvalue weighted by atomic mass is 9.81. The van der Waals surface area contributed by atoms with Crippen LogP contribution < -0.4 is 10.1 Å². The van der Waals surface area contributed by atoms with E-state index in [0.717, 1.165) is 11.1 Å². The molecule has 5 heteroatoms. The molecule has 0 amide bonds. The number of hydrogen-bond donors (Lipinski definition) is 1. The van der Waals surface area contributed by atoms with Gasteiger partial charge in [0.25, 0.3) is 0 Å². The van der Waals surface area contributed by atoms with Crippen LogP contribution in [0.5, 0.6) is 5.75 Å². The van der Waals surface area contributed by atoms with Gasteiger partial charge in [0.1, 0.15) is 11.6 Å². The molecule has 3 rings (SSSR count). The Morgan fingerprint density at radius 1 is 1.29 bits per heavy atom. The van der Waals surface area contributed by atoms with Gasteiger partial charge in [-0.2, -0.15) is 0 Å². The van der Waals surface area contributed by atoms with Crippen molar-refractivity contribution in [2.24, 2.45) is 0 Å². The third-order valence-electron chi connectivity index (χ3n) is 4.69. The number of rotatable bonds is 7. The van der Waals surface area contributed by atoms with Crippen LogP contribution in [0.1, 0.15) is 31.4 Å². The van der Waals surface area contributed by atoms with Crippen molar-refractivity contribution in [3.8, 4) is 5.75 Å². The first-order valence-corrected chi connectivity index (χ1v) is 10.6. The van der Waals surface area contributed by atoms with E-state index >= 15 is 0 Å². The summed E-state index contributed by atoms with van der Waals surface area (Å²) in [6.07, 6.45) is 4.92. The summed E-state index contributed by atoms with van der Waals surface area (Å²) in [5, 5.41) is 3.56. The van der Waals surface area contributed by atoms with Crippen LogP contribution in [-0.2, 0) is 12.0 Å². The van der Waals surface area contributed by atoms with Crippen molar-refractivity contribution >= 4 is 27.5 Å². The highest BCUT2D eigenvalue weighted by Crippen LogP contribution is 2.49. The van der Waals surface area contributed by atoms with Crippen LogP contribution in [0, 0.1) is 5.82 Å². The Kier molecular flexibility index (Phi) is 8.29. The lowest BCUT2D eigenvalue weighted by Gasteiger charge is -2.37. The maximum Gasteiger partial charge on any atom is 0.154 e. The van der Waals surface area contributed by atoms with Crippen LogP contribution in [0.25, 0.3) is 0 Å². The number of fused-ring (bicyclic) bond motifs is 1. The molecule has 0 bridgehead atoms. The zero-order valence-corrected chi connectivity index (χ0v) is 18.6. The molecule has 0 saturated carbocycles. The molecule has 28 heavy (non-hydrogen) atoms. The van der Waals surface area contributed by atoms with E-state index in [1.807, 2.05) is 56.3 Å². The fourth-order valence-electron chi connectivity index (χ4n) is 3.47. The quantitative estimate of drug-likeness (QED) is 0.357. The highest BCUT2D eigenvalue weighted by atomic mass is 79.9. The van der Waals surface area contributed by atoms with Crippen LogP contribution in [0.15, 0.2) is 66.2 Å². The molecule has 0 aliphatic carbocycles. The van der Waals surface area contributed by atoms with Crippen molar-refractivity contribution in [1.29, 1.82) is 0 Å². The van der Waals surface area contributed by atoms with Gasteiger partial charge in [-0.15, -0.1) is 13.2 Å². The highest BCUT2D eigenvalue weighted by Gasteiger charge is 2.48. The number of halogens is 3. The Labute approximate surface area is 180 Å². The Balaban J connectivity index is 0.00000136. The van der Waals surface area contributed by atoms with Gasteiger partial charge in [-0.1, -0.05) is 67.9 Å². The predicted octanol–water partition coefficient (Wildman–Crippen LogP) is 6.82. The first kappa shape index (κ1) is 22.7. The molecule has 1 heterocycles. The van der Waals surface area contributed by atoms with Crippen molar-refractivity contribution in [3.63, 3.8) is 0 Å². The molecule has 0 fully saturated rings. The van der Waals surface area contributed by atoms with Crippen molar-refractivity contribution in [1.82, 2.24) is 5.32 Å². The second-order valence-corrected chi connectivity index (χ2v) is 7.44. The molecule has 2 nitrogen and oxygen atoms in total. The molecule has 0 saturated heterocycles. The normalized spacial score (nSPS) is 18.3. The van der Waals surface area contributed by atoms with Gasteiger partial charge in [-0.05, 0) is 27.9 Å². The van der Waals surface area contributed by atoms with Crippen molar-refractivity contribution in [2.45, 2.75) is 38.3 Å². The minimum atomic E-state index is -0.694. The maximum atomic E-state index is 14.2. The SMILES string of the molecule is C=CCNC(CC=C)C1(c2ccccc2)Cc2c(cc(F)c(Cl)c2Br)O1.CC. The Hall–Kier alpha value is -1.62. The van der Waals surface area contributed by atoms with Gasteiger partial charge in [-0.3, -0.25) is 0 Å². The van der Waals surface area contributed by atoms with E-state index < -0.39 is 11.4 Å². The van der Waals surface area contributed by atoms with E-state index in [2.05, 4.69) is 34.4 Å². The highest BCUT2D eigenvalue weighted by molar-refractivity contribution is 9.10. The maximum absolute atomic E-state index is 14.2. The summed E-state index contributed by atoms with van der Waals surface area (Å²) in [4.78, 5) is 0. The van der Waals surface area contributed by atoms with Crippen LogP contribution in [0.2, 0.25) is 5.02 Å². The summed E-state index contributed by atoms with van der Waals surface area (Å²) in [6, 6.07) is 11.3. The average molecular weight is 467 g/mol. The molecule has 2 aromatic rings. The Morgan fingerprint density at radius 2 is 1.96 bits per heavy atom. The lowest BCUT2D eigenvalue weighted by Crippen LogP contribution is -2.51. The van der Waals surface area contributed by atoms with Gasteiger partial charge in [-0.25, -0.2) is 4.39 Å². The predicted molar refractivity (Wildman–Crippen MR) is 120 cm³/mol. The minimum Gasteiger partial charge on any atom is -0.480 e. The number of ether oxygens (including phenoxy) is 1. The second-order valence-electron chi connectivity index (χ2n) is 6.27. The summed E-state index contributed by atoms with van der Waals surface area (Å²) in [6.45, 7) is 12.3. The molecule has 2 aromatic carbocycles. The molecule has 0 spiro atoms. The number of benzene rings is 2. The molecular weight excluding hydrogens is 441 g/mol. The minimum absolute atomic E-state index is 0.0680. The summed E-state index contributed by atoms with van der Waals surface area (Å²) in [5.74, 6) is 0.0116. The van der Waals surface area contributed by atoms with E-state index in [4.69, 9.17) is 16.3 Å². The molecule has 1 aliphatic heterocycles. The van der Waals surface area contributed by atoms with E-state index in [0.29, 0.717) is 29.6 Å². The monoisotopic (exact) mass is 465 g/mol. The molecular formula is C23H26BrClFNO. The molecule has 0 radical (unpaired) electrons. The summed E-state index contributed by atoms with van der Waals surface area (Å²) < 4.78 is 21.1. The van der Waals surface area contributed by atoms with Gasteiger partial charge in [0.05, 0.1) is 11.1 Å². The van der Waals surface area contributed by atoms with E-state index in [-0.39, 0.29) is 11.1 Å². The second kappa shape index (κ2) is 10.2. The summed E-state index contributed by atoms with van der Waals surface area (Å²) in [7, 11) is 0. The average Bonchev–Trinajstić information content (AvgIpc) is 3.12. The fraction of sp³-hybridized carbons (Fsp3) is 0.304. The topological polar surface area (TPSA) is 21.3 Å². The first-order chi connectivity index (χ1) is 13.5. The molecule has 150 valence electrons. The van der Waals surface area contributed by atoms with Gasteiger partial charge < -0.3 is 10.1 Å². The lowest BCUT2D eigenvalue weighted by molar-refractivity contribution is 0.0486. The molecule has 2 atom stereocenters. The van der Waals surface area contributed by atoms with Crippen molar-refractivity contribution in [2.75, 3.05) is 6.54 Å². The molecule has 1 aliphatic rings. The van der Waals surface area contributed by atoms with Crippen molar-refractivity contribution in [3.05, 3.63) is 88.1 Å². The zero-order valence-electron chi connectivity index (χ0n) is 16.3. The van der Waals surface area contributed by atoms with E-state index in [9.17, 15) is 4.39 Å². The van der Waals surface area contributed by atoms with Crippen LogP contribution >= 0.6 is 27.5 Å². The molecule has 2 unspecified atom stereocenters. The smallest absolute Gasteiger partial charge is 0.154 e. The van der Waals surface area contributed by atoms with Crippen molar-refractivity contribution < 1.29 is 9.13 Å². The Bertz CT molecular complexity index is 827. The fourth-order valence-corrected chi connectivity index (χ4v) is 4.16. The van der Waals surface area contributed by atoms with Gasteiger partial charge >= 0.3 is 0 Å². The van der Waals surface area contributed by atoms with Crippen LogP contribution in [0.4, 0.5) is 4.39 Å². The largest absolute Gasteiger partial charge is 0.480 e. The van der Waals surface area contributed by atoms with Crippen LogP contribution in [0.3, 0.4) is 0 Å².